The molecule has 0 saturated carbocycles. The summed E-state index contributed by atoms with van der Waals surface area (Å²) in [4.78, 5) is 7.01. The zero-order chi connectivity index (χ0) is 12.8. The molecule has 94 valence electrons. The molecule has 0 N–H and O–H groups in total. The zero-order valence-corrected chi connectivity index (χ0v) is 11.1. The predicted octanol–water partition coefficient (Wildman–Crippen LogP) is 3.51. The molecule has 19 heavy (non-hydrogen) atoms. The molecule has 2 heterocycles. The van der Waals surface area contributed by atoms with E-state index < -0.39 is 0 Å². The Morgan fingerprint density at radius 2 is 1.89 bits per heavy atom. The van der Waals surface area contributed by atoms with E-state index in [9.17, 15) is 0 Å². The maximum Gasteiger partial charge on any atom is 0.132 e. The predicted molar refractivity (Wildman–Crippen MR) is 77.8 cm³/mol. The molecule has 0 radical (unpaired) electrons. The van der Waals surface area contributed by atoms with Crippen LogP contribution in [-0.4, -0.2) is 23.8 Å². The van der Waals surface area contributed by atoms with Crippen LogP contribution in [0.5, 0.6) is 0 Å². The summed E-state index contributed by atoms with van der Waals surface area (Å²) in [5, 5.41) is 0.837. The van der Waals surface area contributed by atoms with Gasteiger partial charge in [-0.25, -0.2) is 0 Å². The summed E-state index contributed by atoms with van der Waals surface area (Å²) in [7, 11) is 0. The molecule has 0 saturated heterocycles. The first-order valence-electron chi connectivity index (χ1n) is 6.51. The lowest BCUT2D eigenvalue weighted by Gasteiger charge is -2.24. The molecule has 3 heteroatoms. The molecule has 0 aliphatic carbocycles. The van der Waals surface area contributed by atoms with Crippen molar-refractivity contribution in [3.05, 3.63) is 70.2 Å². The van der Waals surface area contributed by atoms with Gasteiger partial charge in [0, 0.05) is 22.7 Å². The Labute approximate surface area is 117 Å². The van der Waals surface area contributed by atoms with Crippen molar-refractivity contribution in [2.24, 2.45) is 4.99 Å². The first kappa shape index (κ1) is 11.1. The third-order valence-corrected chi connectivity index (χ3v) is 4.20. The zero-order valence-electron chi connectivity index (χ0n) is 10.4. The van der Waals surface area contributed by atoms with Crippen LogP contribution in [0.1, 0.15) is 22.7 Å². The largest absolute Gasteiger partial charge is 0.343 e. The number of hydrogen-bond acceptors (Lipinski definition) is 2. The topological polar surface area (TPSA) is 15.6 Å². The van der Waals surface area contributed by atoms with Crippen molar-refractivity contribution in [1.82, 2.24) is 4.90 Å². The maximum absolute atomic E-state index is 6.44. The molecule has 2 aliphatic rings. The molecule has 1 atom stereocenters. The number of aliphatic imine (C=N–C) groups is 1. The van der Waals surface area contributed by atoms with Crippen LogP contribution in [0.25, 0.3) is 0 Å². The van der Waals surface area contributed by atoms with Gasteiger partial charge < -0.3 is 4.90 Å². The van der Waals surface area contributed by atoms with Gasteiger partial charge in [-0.2, -0.15) is 0 Å². The molecule has 4 rings (SSSR count). The molecule has 0 bridgehead atoms. The molecule has 2 nitrogen and oxygen atoms in total. The lowest BCUT2D eigenvalue weighted by Crippen LogP contribution is -2.26. The summed E-state index contributed by atoms with van der Waals surface area (Å²) in [5.74, 6) is 1.10. The average molecular weight is 269 g/mol. The number of hydrogen-bond donors (Lipinski definition) is 0. The first-order valence-corrected chi connectivity index (χ1v) is 6.89. The van der Waals surface area contributed by atoms with Gasteiger partial charge in [-0.1, -0.05) is 54.1 Å². The van der Waals surface area contributed by atoms with E-state index in [0.29, 0.717) is 0 Å². The summed E-state index contributed by atoms with van der Waals surface area (Å²) in [5.41, 5.74) is 3.68. The van der Waals surface area contributed by atoms with Crippen molar-refractivity contribution >= 4 is 17.4 Å². The fourth-order valence-electron chi connectivity index (χ4n) is 3.10. The van der Waals surface area contributed by atoms with Crippen LogP contribution >= 0.6 is 11.6 Å². The summed E-state index contributed by atoms with van der Waals surface area (Å²) < 4.78 is 0. The van der Waals surface area contributed by atoms with E-state index in [1.54, 1.807) is 0 Å². The third-order valence-electron chi connectivity index (χ3n) is 3.87. The van der Waals surface area contributed by atoms with Gasteiger partial charge in [-0.15, -0.1) is 0 Å². The lowest BCUT2D eigenvalue weighted by atomic mass is 9.97. The molecule has 2 aromatic rings. The van der Waals surface area contributed by atoms with Crippen LogP contribution in [0, 0.1) is 0 Å². The SMILES string of the molecule is Clc1cccc2c1C(c1ccccc1)N1CCN=C21. The standard InChI is InChI=1S/C16H13ClN2/c17-13-8-4-7-12-14(13)15(11-5-2-1-3-6-11)19-10-9-18-16(12)19/h1-8,15H,9-10H2. The van der Waals surface area contributed by atoms with Crippen LogP contribution in [0.2, 0.25) is 5.02 Å². The lowest BCUT2D eigenvalue weighted by molar-refractivity contribution is 0.406. The summed E-state index contributed by atoms with van der Waals surface area (Å²) in [6.07, 6.45) is 0. The summed E-state index contributed by atoms with van der Waals surface area (Å²) >= 11 is 6.44. The number of rotatable bonds is 1. The Hall–Kier alpha value is -1.80. The minimum Gasteiger partial charge on any atom is -0.343 e. The van der Waals surface area contributed by atoms with Crippen molar-refractivity contribution in [2.45, 2.75) is 6.04 Å². The molecule has 0 fully saturated rings. The number of nitrogens with zero attached hydrogens (tertiary/aromatic N) is 2. The van der Waals surface area contributed by atoms with Gasteiger partial charge in [0.2, 0.25) is 0 Å². The van der Waals surface area contributed by atoms with E-state index in [4.69, 9.17) is 11.6 Å². The molecule has 2 aromatic carbocycles. The highest BCUT2D eigenvalue weighted by molar-refractivity contribution is 6.32. The summed E-state index contributed by atoms with van der Waals surface area (Å²) in [6, 6.07) is 16.9. The fourth-order valence-corrected chi connectivity index (χ4v) is 3.38. The minimum atomic E-state index is 0.214. The van der Waals surface area contributed by atoms with Crippen LogP contribution < -0.4 is 0 Å². The van der Waals surface area contributed by atoms with Gasteiger partial charge in [0.1, 0.15) is 5.84 Å². The quantitative estimate of drug-likeness (QED) is 0.773. The normalized spacial score (nSPS) is 20.2. The van der Waals surface area contributed by atoms with Crippen LogP contribution in [-0.2, 0) is 0 Å². The molecule has 0 aromatic heterocycles. The van der Waals surface area contributed by atoms with Gasteiger partial charge in [-0.3, -0.25) is 4.99 Å². The smallest absolute Gasteiger partial charge is 0.132 e. The first-order chi connectivity index (χ1) is 9.36. The van der Waals surface area contributed by atoms with E-state index in [-0.39, 0.29) is 6.04 Å². The van der Waals surface area contributed by atoms with E-state index in [0.717, 1.165) is 23.9 Å². The minimum absolute atomic E-state index is 0.214. The number of halogens is 1. The fraction of sp³-hybridized carbons (Fsp3) is 0.188. The molecule has 2 aliphatic heterocycles. The highest BCUT2D eigenvalue weighted by atomic mass is 35.5. The Bertz CT molecular complexity index is 664. The highest BCUT2D eigenvalue weighted by Crippen LogP contribution is 2.43. The van der Waals surface area contributed by atoms with E-state index in [1.165, 1.54) is 16.7 Å². The number of benzene rings is 2. The molecule has 0 amide bonds. The van der Waals surface area contributed by atoms with Crippen molar-refractivity contribution in [2.75, 3.05) is 13.1 Å². The maximum atomic E-state index is 6.44. The van der Waals surface area contributed by atoms with Gasteiger partial charge in [0.05, 0.1) is 12.6 Å². The van der Waals surface area contributed by atoms with Gasteiger partial charge >= 0.3 is 0 Å². The van der Waals surface area contributed by atoms with Gasteiger partial charge in [0.25, 0.3) is 0 Å². The highest BCUT2D eigenvalue weighted by Gasteiger charge is 2.39. The van der Waals surface area contributed by atoms with Crippen LogP contribution in [0.4, 0.5) is 0 Å². The molecule has 1 unspecified atom stereocenters. The second-order valence-electron chi connectivity index (χ2n) is 4.91. The van der Waals surface area contributed by atoms with Gasteiger partial charge in [-0.05, 0) is 11.6 Å². The third kappa shape index (κ3) is 1.53. The Morgan fingerprint density at radius 1 is 1.05 bits per heavy atom. The Kier molecular flexibility index (Phi) is 2.39. The van der Waals surface area contributed by atoms with E-state index >= 15 is 0 Å². The van der Waals surface area contributed by atoms with Crippen LogP contribution in [0.15, 0.2) is 53.5 Å². The average Bonchev–Trinajstić information content (AvgIpc) is 3.01. The second kappa shape index (κ2) is 4.10. The molecular weight excluding hydrogens is 256 g/mol. The van der Waals surface area contributed by atoms with Gasteiger partial charge in [0.15, 0.2) is 0 Å². The van der Waals surface area contributed by atoms with Crippen LogP contribution in [0.3, 0.4) is 0 Å². The number of fused-ring (bicyclic) bond motifs is 3. The van der Waals surface area contributed by atoms with Crippen molar-refractivity contribution < 1.29 is 0 Å². The van der Waals surface area contributed by atoms with E-state index in [2.05, 4.69) is 40.2 Å². The van der Waals surface area contributed by atoms with Crippen molar-refractivity contribution in [1.29, 1.82) is 0 Å². The van der Waals surface area contributed by atoms with Crippen molar-refractivity contribution in [3.63, 3.8) is 0 Å². The molecular formula is C16H13ClN2. The van der Waals surface area contributed by atoms with E-state index in [1.807, 2.05) is 18.2 Å². The monoisotopic (exact) mass is 268 g/mol. The summed E-state index contributed by atoms with van der Waals surface area (Å²) in [6.45, 7) is 1.85. The van der Waals surface area contributed by atoms with Crippen molar-refractivity contribution in [3.8, 4) is 0 Å². The molecule has 0 spiro atoms. The Balaban J connectivity index is 1.96. The second-order valence-corrected chi connectivity index (χ2v) is 5.32. The number of amidine groups is 1. The Morgan fingerprint density at radius 3 is 2.74 bits per heavy atom.